The van der Waals surface area contributed by atoms with Gasteiger partial charge in [0.25, 0.3) is 0 Å². The zero-order chi connectivity index (χ0) is 15.1. The van der Waals surface area contributed by atoms with Gasteiger partial charge >= 0.3 is 0 Å². The number of hydrogen-bond acceptors (Lipinski definition) is 2. The number of carbonyl (C=O) groups excluding carboxylic acids is 1. The molecule has 0 unspecified atom stereocenters. The lowest BCUT2D eigenvalue weighted by Crippen LogP contribution is -2.23. The molecule has 0 radical (unpaired) electrons. The van der Waals surface area contributed by atoms with Gasteiger partial charge in [-0.15, -0.1) is 0 Å². The fourth-order valence-electron chi connectivity index (χ4n) is 2.22. The Balaban J connectivity index is 1.78. The zero-order valence-corrected chi connectivity index (χ0v) is 12.4. The lowest BCUT2D eigenvalue weighted by atomic mass is 10.0. The summed E-state index contributed by atoms with van der Waals surface area (Å²) in [5.74, 6) is 0.0844. The van der Waals surface area contributed by atoms with Crippen LogP contribution < -0.4 is 11.1 Å². The smallest absolute Gasteiger partial charge is 0.220 e. The Labute approximate surface area is 126 Å². The molecule has 0 heterocycles. The molecule has 0 aliphatic rings. The van der Waals surface area contributed by atoms with Crippen LogP contribution in [0, 0.1) is 6.92 Å². The zero-order valence-electron chi connectivity index (χ0n) is 12.4. The van der Waals surface area contributed by atoms with Crippen LogP contribution in [0.1, 0.15) is 28.7 Å². The number of rotatable bonds is 6. The number of benzene rings is 2. The minimum Gasteiger partial charge on any atom is -0.352 e. The molecule has 0 aliphatic heterocycles. The second-order valence-electron chi connectivity index (χ2n) is 5.22. The van der Waals surface area contributed by atoms with E-state index in [1.165, 1.54) is 11.1 Å². The molecule has 0 aliphatic carbocycles. The Bertz CT molecular complexity index is 590. The van der Waals surface area contributed by atoms with Crippen molar-refractivity contribution in [3.8, 4) is 0 Å². The monoisotopic (exact) mass is 282 g/mol. The lowest BCUT2D eigenvalue weighted by Gasteiger charge is -2.07. The molecule has 0 spiro atoms. The molecule has 0 saturated carbocycles. The molecule has 2 aromatic rings. The van der Waals surface area contributed by atoms with Crippen LogP contribution in [0.5, 0.6) is 0 Å². The summed E-state index contributed by atoms with van der Waals surface area (Å²) in [5, 5.41) is 2.96. The number of hydrogen-bond donors (Lipinski definition) is 2. The highest BCUT2D eigenvalue weighted by Crippen LogP contribution is 2.09. The van der Waals surface area contributed by atoms with Gasteiger partial charge in [0.15, 0.2) is 0 Å². The SMILES string of the molecule is Cc1ccccc1CCC(=O)NCc1ccc(CN)cc1. The highest BCUT2D eigenvalue weighted by Gasteiger charge is 2.04. The highest BCUT2D eigenvalue weighted by molar-refractivity contribution is 5.76. The third-order valence-corrected chi connectivity index (χ3v) is 3.63. The van der Waals surface area contributed by atoms with E-state index in [2.05, 4.69) is 24.4 Å². The maximum atomic E-state index is 11.9. The molecule has 110 valence electrons. The number of aryl methyl sites for hydroxylation is 2. The Morgan fingerprint density at radius 3 is 2.38 bits per heavy atom. The Hall–Kier alpha value is -2.13. The predicted molar refractivity (Wildman–Crippen MR) is 85.7 cm³/mol. The molecular weight excluding hydrogens is 260 g/mol. The third-order valence-electron chi connectivity index (χ3n) is 3.63. The van der Waals surface area contributed by atoms with E-state index < -0.39 is 0 Å². The first-order valence-electron chi connectivity index (χ1n) is 7.28. The lowest BCUT2D eigenvalue weighted by molar-refractivity contribution is -0.121. The van der Waals surface area contributed by atoms with Gasteiger partial charge in [-0.1, -0.05) is 48.5 Å². The largest absolute Gasteiger partial charge is 0.352 e. The quantitative estimate of drug-likeness (QED) is 0.856. The van der Waals surface area contributed by atoms with Gasteiger partial charge in [0.1, 0.15) is 0 Å². The number of nitrogens with two attached hydrogens (primary N) is 1. The summed E-state index contributed by atoms with van der Waals surface area (Å²) in [5.41, 5.74) is 10.2. The molecule has 1 amide bonds. The van der Waals surface area contributed by atoms with Crippen molar-refractivity contribution in [1.29, 1.82) is 0 Å². The van der Waals surface area contributed by atoms with Crippen molar-refractivity contribution in [2.45, 2.75) is 32.9 Å². The molecular formula is C18H22N2O. The molecule has 0 saturated heterocycles. The Morgan fingerprint density at radius 1 is 1.05 bits per heavy atom. The highest BCUT2D eigenvalue weighted by atomic mass is 16.1. The summed E-state index contributed by atoms with van der Waals surface area (Å²) in [4.78, 5) is 11.9. The predicted octanol–water partition coefficient (Wildman–Crippen LogP) is 2.70. The van der Waals surface area contributed by atoms with Crippen LogP contribution >= 0.6 is 0 Å². The van der Waals surface area contributed by atoms with E-state index in [9.17, 15) is 4.79 Å². The normalized spacial score (nSPS) is 10.4. The van der Waals surface area contributed by atoms with Gasteiger partial charge in [-0.25, -0.2) is 0 Å². The molecule has 0 fully saturated rings. The molecule has 2 rings (SSSR count). The van der Waals surface area contributed by atoms with Gasteiger partial charge < -0.3 is 11.1 Å². The van der Waals surface area contributed by atoms with Crippen LogP contribution in [-0.4, -0.2) is 5.91 Å². The minimum atomic E-state index is 0.0844. The van der Waals surface area contributed by atoms with Crippen molar-refractivity contribution in [3.05, 3.63) is 70.8 Å². The number of carbonyl (C=O) groups is 1. The maximum Gasteiger partial charge on any atom is 0.220 e. The van der Waals surface area contributed by atoms with Crippen molar-refractivity contribution < 1.29 is 4.79 Å². The molecule has 2 aromatic carbocycles. The molecule has 3 heteroatoms. The minimum absolute atomic E-state index is 0.0844. The van der Waals surface area contributed by atoms with Crippen LogP contribution in [0.15, 0.2) is 48.5 Å². The van der Waals surface area contributed by atoms with Gasteiger partial charge in [-0.2, -0.15) is 0 Å². The van der Waals surface area contributed by atoms with Crippen LogP contribution in [0.25, 0.3) is 0 Å². The average Bonchev–Trinajstić information content (AvgIpc) is 2.52. The van der Waals surface area contributed by atoms with Gasteiger partial charge in [-0.3, -0.25) is 4.79 Å². The van der Waals surface area contributed by atoms with Gasteiger partial charge in [0, 0.05) is 19.5 Å². The third kappa shape index (κ3) is 4.72. The van der Waals surface area contributed by atoms with Crippen LogP contribution in [-0.2, 0) is 24.3 Å². The Kier molecular flexibility index (Phi) is 5.52. The fraction of sp³-hybridized carbons (Fsp3) is 0.278. The first-order valence-corrected chi connectivity index (χ1v) is 7.28. The fourth-order valence-corrected chi connectivity index (χ4v) is 2.22. The molecule has 0 bridgehead atoms. The van der Waals surface area contributed by atoms with Crippen LogP contribution in [0.2, 0.25) is 0 Å². The summed E-state index contributed by atoms with van der Waals surface area (Å²) >= 11 is 0. The molecule has 3 nitrogen and oxygen atoms in total. The summed E-state index contributed by atoms with van der Waals surface area (Å²) in [7, 11) is 0. The summed E-state index contributed by atoms with van der Waals surface area (Å²) < 4.78 is 0. The van der Waals surface area contributed by atoms with Crippen LogP contribution in [0.3, 0.4) is 0 Å². The van der Waals surface area contributed by atoms with Crippen LogP contribution in [0.4, 0.5) is 0 Å². The molecule has 0 atom stereocenters. The van der Waals surface area contributed by atoms with E-state index >= 15 is 0 Å². The van der Waals surface area contributed by atoms with E-state index in [0.717, 1.165) is 17.5 Å². The van der Waals surface area contributed by atoms with Gasteiger partial charge in [0.05, 0.1) is 0 Å². The number of nitrogens with one attached hydrogen (secondary N) is 1. The number of amides is 1. The first-order chi connectivity index (χ1) is 10.2. The van der Waals surface area contributed by atoms with Crippen molar-refractivity contribution in [3.63, 3.8) is 0 Å². The second-order valence-corrected chi connectivity index (χ2v) is 5.22. The van der Waals surface area contributed by atoms with E-state index in [1.807, 2.05) is 36.4 Å². The van der Waals surface area contributed by atoms with Crippen molar-refractivity contribution in [2.24, 2.45) is 5.73 Å². The summed E-state index contributed by atoms with van der Waals surface area (Å²) in [6, 6.07) is 16.2. The van der Waals surface area contributed by atoms with Crippen molar-refractivity contribution in [1.82, 2.24) is 5.32 Å². The van der Waals surface area contributed by atoms with Crippen molar-refractivity contribution >= 4 is 5.91 Å². The maximum absolute atomic E-state index is 11.9. The van der Waals surface area contributed by atoms with Gasteiger partial charge in [0.2, 0.25) is 5.91 Å². The van der Waals surface area contributed by atoms with E-state index in [-0.39, 0.29) is 5.91 Å². The van der Waals surface area contributed by atoms with E-state index in [4.69, 9.17) is 5.73 Å². The average molecular weight is 282 g/mol. The standard InChI is InChI=1S/C18H22N2O/c1-14-4-2-3-5-17(14)10-11-18(21)20-13-16-8-6-15(12-19)7-9-16/h2-9H,10-13,19H2,1H3,(H,20,21). The van der Waals surface area contributed by atoms with E-state index in [1.54, 1.807) is 0 Å². The second kappa shape index (κ2) is 7.60. The summed E-state index contributed by atoms with van der Waals surface area (Å²) in [6.45, 7) is 3.19. The molecule has 3 N–H and O–H groups in total. The topological polar surface area (TPSA) is 55.1 Å². The summed E-state index contributed by atoms with van der Waals surface area (Å²) in [6.07, 6.45) is 1.30. The van der Waals surface area contributed by atoms with Crippen molar-refractivity contribution in [2.75, 3.05) is 0 Å². The molecule has 21 heavy (non-hydrogen) atoms. The van der Waals surface area contributed by atoms with E-state index in [0.29, 0.717) is 19.5 Å². The first kappa shape index (κ1) is 15.3. The van der Waals surface area contributed by atoms with Gasteiger partial charge in [-0.05, 0) is 35.6 Å². The Morgan fingerprint density at radius 2 is 1.71 bits per heavy atom. The molecule has 0 aromatic heterocycles.